The van der Waals surface area contributed by atoms with Crippen LogP contribution in [0.3, 0.4) is 0 Å². The number of nitrogens with zero attached hydrogens (tertiary/aromatic N) is 3. The Kier molecular flexibility index (Phi) is 5.59. The Bertz CT molecular complexity index is 1100. The predicted octanol–water partition coefficient (Wildman–Crippen LogP) is 4.00. The van der Waals surface area contributed by atoms with Gasteiger partial charge in [-0.15, -0.1) is 0 Å². The van der Waals surface area contributed by atoms with Gasteiger partial charge in [0, 0.05) is 30.6 Å². The third-order valence-electron chi connectivity index (χ3n) is 5.85. The van der Waals surface area contributed by atoms with E-state index in [-0.39, 0.29) is 11.7 Å². The van der Waals surface area contributed by atoms with E-state index in [0.29, 0.717) is 23.7 Å². The standard InChI is InChI=1S/C24H28N4O2/c1-4-27(5-2)12-13-28-15-26-24-22(23(28)25)21(17-8-6-16(3)7-9-17)19-11-10-18(29)14-20(19)30-24/h6-11,14-15,21,25,29H,4-5,12-13H2,1-3H3. The second kappa shape index (κ2) is 8.32. The van der Waals surface area contributed by atoms with Crippen LogP contribution in [0.5, 0.6) is 17.4 Å². The maximum Gasteiger partial charge on any atom is 0.228 e. The molecule has 30 heavy (non-hydrogen) atoms. The summed E-state index contributed by atoms with van der Waals surface area (Å²) >= 11 is 0. The lowest BCUT2D eigenvalue weighted by atomic mass is 9.83. The van der Waals surface area contributed by atoms with E-state index in [2.05, 4.69) is 54.9 Å². The summed E-state index contributed by atoms with van der Waals surface area (Å²) < 4.78 is 7.92. The van der Waals surface area contributed by atoms with Crippen molar-refractivity contribution in [3.63, 3.8) is 0 Å². The highest BCUT2D eigenvalue weighted by Gasteiger charge is 2.32. The van der Waals surface area contributed by atoms with Gasteiger partial charge in [0.15, 0.2) is 0 Å². The lowest BCUT2D eigenvalue weighted by Gasteiger charge is -2.29. The van der Waals surface area contributed by atoms with E-state index in [4.69, 9.17) is 10.1 Å². The number of aromatic hydroxyl groups is 1. The van der Waals surface area contributed by atoms with Crippen LogP contribution in [0.15, 0.2) is 48.8 Å². The van der Waals surface area contributed by atoms with Gasteiger partial charge in [-0.3, -0.25) is 5.41 Å². The number of fused-ring (bicyclic) bond motifs is 2. The largest absolute Gasteiger partial charge is 0.508 e. The summed E-state index contributed by atoms with van der Waals surface area (Å²) in [6.07, 6.45) is 1.69. The van der Waals surface area contributed by atoms with Gasteiger partial charge in [0.1, 0.15) is 23.3 Å². The van der Waals surface area contributed by atoms with E-state index in [9.17, 15) is 5.11 Å². The highest BCUT2D eigenvalue weighted by Crippen LogP contribution is 2.45. The van der Waals surface area contributed by atoms with Crippen LogP contribution >= 0.6 is 0 Å². The zero-order chi connectivity index (χ0) is 21.3. The third-order valence-corrected chi connectivity index (χ3v) is 5.85. The van der Waals surface area contributed by atoms with E-state index >= 15 is 0 Å². The molecular weight excluding hydrogens is 376 g/mol. The summed E-state index contributed by atoms with van der Waals surface area (Å²) in [6.45, 7) is 9.88. The summed E-state index contributed by atoms with van der Waals surface area (Å²) in [4.78, 5) is 6.88. The Morgan fingerprint density at radius 3 is 2.57 bits per heavy atom. The first-order valence-electron chi connectivity index (χ1n) is 10.5. The second-order valence-corrected chi connectivity index (χ2v) is 7.70. The average Bonchev–Trinajstić information content (AvgIpc) is 2.75. The van der Waals surface area contributed by atoms with Crippen molar-refractivity contribution in [2.75, 3.05) is 19.6 Å². The molecule has 2 heterocycles. The Balaban J connectivity index is 1.83. The molecule has 156 valence electrons. The van der Waals surface area contributed by atoms with Gasteiger partial charge in [-0.05, 0) is 31.6 Å². The zero-order valence-corrected chi connectivity index (χ0v) is 17.7. The number of rotatable bonds is 6. The molecule has 6 heteroatoms. The summed E-state index contributed by atoms with van der Waals surface area (Å²) in [6, 6.07) is 13.5. The fraction of sp³-hybridized carbons (Fsp3) is 0.333. The molecule has 0 saturated carbocycles. The first-order valence-corrected chi connectivity index (χ1v) is 10.5. The molecule has 1 aliphatic rings. The molecule has 1 aliphatic heterocycles. The molecule has 1 aromatic heterocycles. The normalized spacial score (nSPS) is 14.9. The first-order chi connectivity index (χ1) is 14.5. The number of likely N-dealkylation sites (N-methyl/N-ethyl adjacent to an activating group) is 1. The van der Waals surface area contributed by atoms with E-state index in [1.54, 1.807) is 18.5 Å². The van der Waals surface area contributed by atoms with Crippen LogP contribution in [-0.2, 0) is 6.54 Å². The number of aromatic nitrogens is 2. The fourth-order valence-electron chi connectivity index (χ4n) is 4.02. The predicted molar refractivity (Wildman–Crippen MR) is 116 cm³/mol. The Hall–Kier alpha value is -3.12. The van der Waals surface area contributed by atoms with Crippen LogP contribution in [0.1, 0.15) is 42.0 Å². The molecular formula is C24H28N4O2. The van der Waals surface area contributed by atoms with E-state index in [0.717, 1.165) is 36.3 Å². The van der Waals surface area contributed by atoms with Gasteiger partial charge < -0.3 is 19.3 Å². The van der Waals surface area contributed by atoms with Crippen molar-refractivity contribution in [2.45, 2.75) is 33.2 Å². The van der Waals surface area contributed by atoms with Crippen LogP contribution < -0.4 is 10.2 Å². The first kappa shape index (κ1) is 20.2. The van der Waals surface area contributed by atoms with Crippen LogP contribution in [-0.4, -0.2) is 39.2 Å². The van der Waals surface area contributed by atoms with E-state index < -0.39 is 0 Å². The Morgan fingerprint density at radius 1 is 1.13 bits per heavy atom. The molecule has 0 spiro atoms. The van der Waals surface area contributed by atoms with Crippen molar-refractivity contribution in [1.29, 1.82) is 5.41 Å². The summed E-state index contributed by atoms with van der Waals surface area (Å²) in [5.41, 5.74) is 4.37. The molecule has 6 nitrogen and oxygen atoms in total. The van der Waals surface area contributed by atoms with Gasteiger partial charge in [0.25, 0.3) is 0 Å². The summed E-state index contributed by atoms with van der Waals surface area (Å²) in [7, 11) is 0. The minimum absolute atomic E-state index is 0.149. The van der Waals surface area contributed by atoms with Crippen molar-refractivity contribution >= 4 is 0 Å². The lowest BCUT2D eigenvalue weighted by molar-refractivity contribution is 0.286. The second-order valence-electron chi connectivity index (χ2n) is 7.70. The number of phenolic OH excluding ortho intramolecular Hbond substituents is 1. The third kappa shape index (κ3) is 3.71. The molecule has 0 bridgehead atoms. The van der Waals surface area contributed by atoms with Crippen LogP contribution in [0, 0.1) is 12.3 Å². The number of hydrogen-bond donors (Lipinski definition) is 2. The molecule has 1 unspecified atom stereocenters. The van der Waals surface area contributed by atoms with Crippen molar-refractivity contribution in [2.24, 2.45) is 0 Å². The Morgan fingerprint density at radius 2 is 1.87 bits per heavy atom. The van der Waals surface area contributed by atoms with E-state index in [1.807, 2.05) is 10.6 Å². The van der Waals surface area contributed by atoms with Crippen molar-refractivity contribution in [3.8, 4) is 17.4 Å². The number of hydrogen-bond acceptors (Lipinski definition) is 5. The quantitative estimate of drug-likeness (QED) is 0.509. The van der Waals surface area contributed by atoms with Gasteiger partial charge in [-0.2, -0.15) is 0 Å². The van der Waals surface area contributed by atoms with Crippen LogP contribution in [0.4, 0.5) is 0 Å². The highest BCUT2D eigenvalue weighted by atomic mass is 16.5. The van der Waals surface area contributed by atoms with Crippen LogP contribution in [0.25, 0.3) is 0 Å². The highest BCUT2D eigenvalue weighted by molar-refractivity contribution is 5.57. The number of aryl methyl sites for hydroxylation is 1. The van der Waals surface area contributed by atoms with Gasteiger partial charge in [0.05, 0.1) is 5.56 Å². The van der Waals surface area contributed by atoms with Gasteiger partial charge >= 0.3 is 0 Å². The lowest BCUT2D eigenvalue weighted by Crippen LogP contribution is -2.34. The molecule has 4 rings (SSSR count). The summed E-state index contributed by atoms with van der Waals surface area (Å²) in [5, 5.41) is 18.9. The summed E-state index contributed by atoms with van der Waals surface area (Å²) in [5.74, 6) is 0.991. The molecule has 1 atom stereocenters. The number of benzene rings is 2. The number of nitrogens with one attached hydrogen (secondary N) is 1. The monoisotopic (exact) mass is 404 g/mol. The van der Waals surface area contributed by atoms with Gasteiger partial charge in [0.2, 0.25) is 5.88 Å². The van der Waals surface area contributed by atoms with Gasteiger partial charge in [-0.25, -0.2) is 4.98 Å². The molecule has 2 aromatic carbocycles. The molecule has 0 amide bonds. The van der Waals surface area contributed by atoms with E-state index in [1.165, 1.54) is 5.56 Å². The maximum atomic E-state index is 9.95. The van der Waals surface area contributed by atoms with Gasteiger partial charge in [-0.1, -0.05) is 49.7 Å². The average molecular weight is 405 g/mol. The number of ether oxygens (including phenoxy) is 1. The smallest absolute Gasteiger partial charge is 0.228 e. The molecule has 0 saturated heterocycles. The molecule has 0 aliphatic carbocycles. The molecule has 0 radical (unpaired) electrons. The Labute approximate surface area is 176 Å². The van der Waals surface area contributed by atoms with Crippen molar-refractivity contribution in [1.82, 2.24) is 14.5 Å². The SMILES string of the molecule is CCN(CC)CCn1cnc2c(c1=N)C(c1ccc(C)cc1)c1ccc(O)cc1O2. The minimum Gasteiger partial charge on any atom is -0.508 e. The molecule has 3 aromatic rings. The minimum atomic E-state index is -0.175. The zero-order valence-electron chi connectivity index (χ0n) is 17.7. The molecule has 0 fully saturated rings. The van der Waals surface area contributed by atoms with Crippen molar-refractivity contribution in [3.05, 3.63) is 76.5 Å². The number of phenols is 1. The fourth-order valence-corrected chi connectivity index (χ4v) is 4.02. The van der Waals surface area contributed by atoms with Crippen LogP contribution in [0.2, 0.25) is 0 Å². The van der Waals surface area contributed by atoms with Crippen molar-refractivity contribution < 1.29 is 9.84 Å². The molecule has 2 N–H and O–H groups in total. The maximum absolute atomic E-state index is 9.95. The topological polar surface area (TPSA) is 74.4 Å².